The number of fused-ring (bicyclic) bond motifs is 1. The molecular weight excluding hydrogens is 424 g/mol. The van der Waals surface area contributed by atoms with Gasteiger partial charge in [-0.25, -0.2) is 0 Å². The number of nitrogens with one attached hydrogen (secondary N) is 2. The zero-order valence-electron chi connectivity index (χ0n) is 18.1. The fourth-order valence-corrected chi connectivity index (χ4v) is 3.22. The monoisotopic (exact) mass is 448 g/mol. The zero-order valence-corrected chi connectivity index (χ0v) is 18.1. The quantitative estimate of drug-likeness (QED) is 0.549. The van der Waals surface area contributed by atoms with Crippen molar-refractivity contribution in [3.63, 3.8) is 0 Å². The number of para-hydroxylation sites is 2. The average molecular weight is 448 g/mol. The fraction of sp³-hybridized carbons (Fsp3) is 0.200. The highest BCUT2D eigenvalue weighted by Gasteiger charge is 2.21. The van der Waals surface area contributed by atoms with Crippen LogP contribution in [-0.4, -0.2) is 44.8 Å². The van der Waals surface area contributed by atoms with Crippen molar-refractivity contribution in [3.8, 4) is 23.0 Å². The summed E-state index contributed by atoms with van der Waals surface area (Å²) in [5, 5.41) is 5.59. The first-order valence-electron chi connectivity index (χ1n) is 10.4. The summed E-state index contributed by atoms with van der Waals surface area (Å²) in [6, 6.07) is 21.0. The molecule has 1 aliphatic rings. The van der Waals surface area contributed by atoms with E-state index in [1.165, 1.54) is 0 Å². The van der Waals surface area contributed by atoms with Crippen molar-refractivity contribution in [1.29, 1.82) is 0 Å². The van der Waals surface area contributed by atoms with Gasteiger partial charge < -0.3 is 29.6 Å². The summed E-state index contributed by atoms with van der Waals surface area (Å²) >= 11 is 0. The minimum atomic E-state index is -0.304. The molecule has 1 atom stereocenters. The van der Waals surface area contributed by atoms with Crippen LogP contribution in [0.1, 0.15) is 10.4 Å². The molecule has 33 heavy (non-hydrogen) atoms. The molecule has 2 N–H and O–H groups in total. The van der Waals surface area contributed by atoms with Crippen LogP contribution in [0.3, 0.4) is 0 Å². The van der Waals surface area contributed by atoms with Crippen molar-refractivity contribution in [2.24, 2.45) is 0 Å². The molecule has 0 unspecified atom stereocenters. The maximum atomic E-state index is 12.4. The summed E-state index contributed by atoms with van der Waals surface area (Å²) in [7, 11) is 1.56. The van der Waals surface area contributed by atoms with E-state index in [1.807, 2.05) is 24.3 Å². The van der Waals surface area contributed by atoms with Gasteiger partial charge in [0.2, 0.25) is 0 Å². The predicted molar refractivity (Wildman–Crippen MR) is 122 cm³/mol. The summed E-state index contributed by atoms with van der Waals surface area (Å²) in [6.07, 6.45) is -0.269. The van der Waals surface area contributed by atoms with Crippen molar-refractivity contribution in [2.75, 3.05) is 32.2 Å². The molecule has 8 heteroatoms. The number of hydrogen-bond acceptors (Lipinski definition) is 6. The van der Waals surface area contributed by atoms with E-state index in [0.29, 0.717) is 47.4 Å². The van der Waals surface area contributed by atoms with Gasteiger partial charge in [-0.1, -0.05) is 18.2 Å². The van der Waals surface area contributed by atoms with Crippen LogP contribution in [0.15, 0.2) is 72.8 Å². The molecule has 0 saturated carbocycles. The molecule has 2 amide bonds. The normalized spacial score (nSPS) is 14.2. The lowest BCUT2D eigenvalue weighted by atomic mass is 10.2. The molecule has 1 heterocycles. The van der Waals surface area contributed by atoms with Crippen LogP contribution < -0.4 is 29.6 Å². The Bertz CT molecular complexity index is 1120. The third-order valence-corrected chi connectivity index (χ3v) is 4.90. The molecule has 8 nitrogen and oxygen atoms in total. The molecule has 0 radical (unpaired) electrons. The van der Waals surface area contributed by atoms with E-state index in [2.05, 4.69) is 10.6 Å². The molecule has 4 rings (SSSR count). The minimum Gasteiger partial charge on any atom is -0.497 e. The van der Waals surface area contributed by atoms with Crippen LogP contribution in [0.5, 0.6) is 23.0 Å². The molecule has 170 valence electrons. The van der Waals surface area contributed by atoms with Gasteiger partial charge in [0.25, 0.3) is 11.8 Å². The fourth-order valence-electron chi connectivity index (χ4n) is 3.22. The molecule has 0 bridgehead atoms. The Morgan fingerprint density at radius 1 is 0.970 bits per heavy atom. The van der Waals surface area contributed by atoms with Gasteiger partial charge in [-0.15, -0.1) is 0 Å². The van der Waals surface area contributed by atoms with Gasteiger partial charge in [-0.3, -0.25) is 9.59 Å². The Hall–Kier alpha value is -4.20. The molecule has 0 aromatic heterocycles. The van der Waals surface area contributed by atoms with E-state index in [1.54, 1.807) is 55.6 Å². The summed E-state index contributed by atoms with van der Waals surface area (Å²) in [5.74, 6) is 1.96. The van der Waals surface area contributed by atoms with Gasteiger partial charge in [0.05, 0.1) is 13.7 Å². The van der Waals surface area contributed by atoms with Crippen molar-refractivity contribution in [2.45, 2.75) is 6.10 Å². The zero-order chi connectivity index (χ0) is 23.0. The predicted octanol–water partition coefficient (Wildman–Crippen LogP) is 3.28. The van der Waals surface area contributed by atoms with Crippen LogP contribution in [0.4, 0.5) is 5.69 Å². The lowest BCUT2D eigenvalue weighted by molar-refractivity contribution is -0.118. The van der Waals surface area contributed by atoms with Crippen molar-refractivity contribution < 1.29 is 28.5 Å². The van der Waals surface area contributed by atoms with Crippen LogP contribution in [0.25, 0.3) is 0 Å². The Morgan fingerprint density at radius 3 is 2.55 bits per heavy atom. The van der Waals surface area contributed by atoms with Gasteiger partial charge in [0.1, 0.15) is 24.2 Å². The van der Waals surface area contributed by atoms with E-state index < -0.39 is 0 Å². The van der Waals surface area contributed by atoms with E-state index >= 15 is 0 Å². The lowest BCUT2D eigenvalue weighted by Crippen LogP contribution is -2.40. The van der Waals surface area contributed by atoms with Crippen molar-refractivity contribution in [1.82, 2.24) is 5.32 Å². The van der Waals surface area contributed by atoms with Gasteiger partial charge in [-0.2, -0.15) is 0 Å². The second-order valence-corrected chi connectivity index (χ2v) is 7.30. The SMILES string of the molecule is COc1cccc(NC(=O)COc2ccc(C(=O)NC[C@H]3COc4ccccc4O3)cc2)c1. The number of hydrogen-bond donors (Lipinski definition) is 2. The first kappa shape index (κ1) is 22.0. The first-order valence-corrected chi connectivity index (χ1v) is 10.4. The summed E-state index contributed by atoms with van der Waals surface area (Å²) in [5.41, 5.74) is 1.09. The molecule has 0 aliphatic carbocycles. The number of benzene rings is 3. The third kappa shape index (κ3) is 5.94. The summed E-state index contributed by atoms with van der Waals surface area (Å²) in [6.45, 7) is 0.515. The number of anilines is 1. The van der Waals surface area contributed by atoms with Crippen LogP contribution >= 0.6 is 0 Å². The largest absolute Gasteiger partial charge is 0.497 e. The van der Waals surface area contributed by atoms with Crippen molar-refractivity contribution in [3.05, 3.63) is 78.4 Å². The van der Waals surface area contributed by atoms with E-state index in [-0.39, 0.29) is 24.5 Å². The molecule has 3 aromatic carbocycles. The van der Waals surface area contributed by atoms with E-state index in [9.17, 15) is 9.59 Å². The van der Waals surface area contributed by atoms with Crippen LogP contribution in [0.2, 0.25) is 0 Å². The number of amides is 2. The van der Waals surface area contributed by atoms with Gasteiger partial charge in [0, 0.05) is 17.3 Å². The standard InChI is InChI=1S/C25H24N2O6/c1-30-20-6-4-5-18(13-20)27-24(28)16-31-19-11-9-17(10-12-19)25(29)26-14-21-15-32-22-7-2-3-8-23(22)33-21/h2-13,21H,14-16H2,1H3,(H,26,29)(H,27,28)/t21-/m0/s1. The lowest BCUT2D eigenvalue weighted by Gasteiger charge is -2.26. The van der Waals surface area contributed by atoms with Gasteiger partial charge in [0.15, 0.2) is 18.1 Å². The maximum Gasteiger partial charge on any atom is 0.262 e. The van der Waals surface area contributed by atoms with Gasteiger partial charge >= 0.3 is 0 Å². The summed E-state index contributed by atoms with van der Waals surface area (Å²) < 4.78 is 22.1. The second-order valence-electron chi connectivity index (χ2n) is 7.30. The highest BCUT2D eigenvalue weighted by molar-refractivity contribution is 5.94. The molecule has 1 aliphatic heterocycles. The second kappa shape index (κ2) is 10.4. The first-order chi connectivity index (χ1) is 16.1. The van der Waals surface area contributed by atoms with Gasteiger partial charge in [-0.05, 0) is 48.5 Å². The molecule has 0 fully saturated rings. The van der Waals surface area contributed by atoms with E-state index in [4.69, 9.17) is 18.9 Å². The maximum absolute atomic E-state index is 12.4. The highest BCUT2D eigenvalue weighted by Crippen LogP contribution is 2.30. The topological polar surface area (TPSA) is 95.1 Å². The van der Waals surface area contributed by atoms with Crippen LogP contribution in [-0.2, 0) is 4.79 Å². The molecule has 0 spiro atoms. The Morgan fingerprint density at radius 2 is 1.76 bits per heavy atom. The average Bonchev–Trinajstić information content (AvgIpc) is 2.86. The van der Waals surface area contributed by atoms with E-state index in [0.717, 1.165) is 0 Å². The smallest absolute Gasteiger partial charge is 0.262 e. The molecule has 0 saturated heterocycles. The Labute approximate surface area is 191 Å². The number of carbonyl (C=O) groups is 2. The Balaban J connectivity index is 1.22. The third-order valence-electron chi connectivity index (χ3n) is 4.90. The summed E-state index contributed by atoms with van der Waals surface area (Å²) in [4.78, 5) is 24.6. The number of ether oxygens (including phenoxy) is 4. The van der Waals surface area contributed by atoms with Crippen molar-refractivity contribution >= 4 is 17.5 Å². The molecular formula is C25H24N2O6. The van der Waals surface area contributed by atoms with Crippen LogP contribution in [0, 0.1) is 0 Å². The number of carbonyl (C=O) groups excluding carboxylic acids is 2. The Kier molecular flexibility index (Phi) is 6.94. The highest BCUT2D eigenvalue weighted by atomic mass is 16.6. The minimum absolute atomic E-state index is 0.163. The molecule has 3 aromatic rings. The number of methoxy groups -OCH3 is 1. The number of rotatable bonds is 8.